The zero-order valence-electron chi connectivity index (χ0n) is 16.6. The molecule has 4 rings (SSSR count). The van der Waals surface area contributed by atoms with Gasteiger partial charge in [-0.05, 0) is 25.5 Å². The van der Waals surface area contributed by atoms with Crippen LogP contribution in [0.1, 0.15) is 18.2 Å². The fourth-order valence-corrected chi connectivity index (χ4v) is 4.17. The highest BCUT2D eigenvalue weighted by Crippen LogP contribution is 2.29. The second-order valence-corrected chi connectivity index (χ2v) is 8.40. The topological polar surface area (TPSA) is 75.6 Å². The summed E-state index contributed by atoms with van der Waals surface area (Å²) in [6.07, 6.45) is 1.59. The molecule has 1 aliphatic heterocycles. The van der Waals surface area contributed by atoms with Crippen LogP contribution < -0.4 is 0 Å². The summed E-state index contributed by atoms with van der Waals surface area (Å²) < 4.78 is 11.0. The molecule has 1 aromatic carbocycles. The van der Waals surface area contributed by atoms with Crippen molar-refractivity contribution in [2.24, 2.45) is 0 Å². The van der Waals surface area contributed by atoms with Gasteiger partial charge in [-0.25, -0.2) is 0 Å². The smallest absolute Gasteiger partial charge is 0.277 e. The van der Waals surface area contributed by atoms with E-state index < -0.39 is 0 Å². The van der Waals surface area contributed by atoms with Gasteiger partial charge in [0.15, 0.2) is 0 Å². The van der Waals surface area contributed by atoms with Crippen LogP contribution in [0.3, 0.4) is 0 Å². The Bertz CT molecular complexity index is 948. The van der Waals surface area contributed by atoms with E-state index >= 15 is 0 Å². The van der Waals surface area contributed by atoms with Crippen LogP contribution in [0.15, 0.2) is 56.7 Å². The van der Waals surface area contributed by atoms with E-state index in [1.807, 2.05) is 24.8 Å². The summed E-state index contributed by atoms with van der Waals surface area (Å²) in [7, 11) is 0. The van der Waals surface area contributed by atoms with Gasteiger partial charge in [-0.15, -0.1) is 10.2 Å². The number of hydrogen-bond acceptors (Lipinski definition) is 7. The Hall–Kier alpha value is -2.58. The van der Waals surface area contributed by atoms with Gasteiger partial charge in [0.1, 0.15) is 5.76 Å². The molecule has 1 atom stereocenters. The quantitative estimate of drug-likeness (QED) is 0.574. The Kier molecular flexibility index (Phi) is 6.01. The van der Waals surface area contributed by atoms with Crippen LogP contribution in [-0.2, 0) is 11.3 Å². The predicted octanol–water partition coefficient (Wildman–Crippen LogP) is 3.46. The van der Waals surface area contributed by atoms with E-state index in [2.05, 4.69) is 39.4 Å². The van der Waals surface area contributed by atoms with Crippen LogP contribution in [0.5, 0.6) is 0 Å². The summed E-state index contributed by atoms with van der Waals surface area (Å²) in [5.74, 6) is 1.24. The summed E-state index contributed by atoms with van der Waals surface area (Å²) in [6, 6.07) is 12.2. The van der Waals surface area contributed by atoms with Crippen molar-refractivity contribution in [3.63, 3.8) is 0 Å². The van der Waals surface area contributed by atoms with Crippen LogP contribution in [0.2, 0.25) is 0 Å². The van der Waals surface area contributed by atoms with Crippen molar-refractivity contribution < 1.29 is 13.6 Å². The molecule has 0 aliphatic carbocycles. The number of furan rings is 1. The summed E-state index contributed by atoms with van der Waals surface area (Å²) in [5.41, 5.74) is 2.08. The average molecular weight is 413 g/mol. The summed E-state index contributed by atoms with van der Waals surface area (Å²) in [4.78, 5) is 17.1. The Labute approximate surface area is 174 Å². The van der Waals surface area contributed by atoms with Gasteiger partial charge in [0.25, 0.3) is 11.1 Å². The van der Waals surface area contributed by atoms with Crippen molar-refractivity contribution in [3.05, 3.63) is 54.0 Å². The molecular weight excluding hydrogens is 388 g/mol. The molecule has 3 heterocycles. The van der Waals surface area contributed by atoms with Crippen LogP contribution in [0.4, 0.5) is 0 Å². The number of amides is 1. The third-order valence-electron chi connectivity index (χ3n) is 5.05. The van der Waals surface area contributed by atoms with E-state index in [1.165, 1.54) is 17.3 Å². The number of carbonyl (C=O) groups excluding carboxylic acids is 1. The SMILES string of the molecule is Cc1occc1-c1nnc(S[C@H](C)C(=O)N2CCN(Cc3ccccc3)CC2)o1. The maximum Gasteiger partial charge on any atom is 0.277 e. The average Bonchev–Trinajstić information content (AvgIpc) is 3.37. The minimum Gasteiger partial charge on any atom is -0.469 e. The van der Waals surface area contributed by atoms with Gasteiger partial charge in [-0.2, -0.15) is 0 Å². The van der Waals surface area contributed by atoms with E-state index in [0.29, 0.717) is 11.1 Å². The van der Waals surface area contributed by atoms with E-state index in [0.717, 1.165) is 44.0 Å². The Morgan fingerprint density at radius 1 is 1.14 bits per heavy atom. The Balaban J connectivity index is 1.29. The van der Waals surface area contributed by atoms with Crippen LogP contribution in [0.25, 0.3) is 11.5 Å². The first kappa shape index (κ1) is 19.7. The third kappa shape index (κ3) is 4.71. The first-order valence-electron chi connectivity index (χ1n) is 9.70. The predicted molar refractivity (Wildman–Crippen MR) is 110 cm³/mol. The molecule has 0 N–H and O–H groups in total. The number of benzene rings is 1. The number of hydrogen-bond donors (Lipinski definition) is 0. The number of aromatic nitrogens is 2. The molecule has 0 saturated carbocycles. The molecule has 1 fully saturated rings. The number of rotatable bonds is 6. The fraction of sp³-hybridized carbons (Fsp3) is 0.381. The maximum atomic E-state index is 12.8. The van der Waals surface area contributed by atoms with Gasteiger partial charge in [-0.3, -0.25) is 9.69 Å². The zero-order chi connectivity index (χ0) is 20.2. The molecule has 29 heavy (non-hydrogen) atoms. The summed E-state index contributed by atoms with van der Waals surface area (Å²) in [6.45, 7) is 7.88. The third-order valence-corrected chi connectivity index (χ3v) is 5.98. The molecule has 3 aromatic rings. The lowest BCUT2D eigenvalue weighted by Gasteiger charge is -2.35. The summed E-state index contributed by atoms with van der Waals surface area (Å²) in [5, 5.41) is 8.24. The van der Waals surface area contributed by atoms with Crippen molar-refractivity contribution >= 4 is 17.7 Å². The molecule has 0 unspecified atom stereocenters. The second-order valence-electron chi connectivity index (χ2n) is 7.11. The number of nitrogens with zero attached hydrogens (tertiary/aromatic N) is 4. The van der Waals surface area contributed by atoms with Crippen LogP contribution >= 0.6 is 11.8 Å². The highest BCUT2D eigenvalue weighted by atomic mass is 32.2. The molecule has 0 bridgehead atoms. The lowest BCUT2D eigenvalue weighted by Crippen LogP contribution is -2.50. The standard InChI is InChI=1S/C21H24N4O3S/c1-15-18(8-13-27-15)19-22-23-21(28-19)29-16(2)20(26)25-11-9-24(10-12-25)14-17-6-4-3-5-7-17/h3-8,13,16H,9-12,14H2,1-2H3/t16-/m1/s1. The van der Waals surface area contributed by atoms with Crippen LogP contribution in [-0.4, -0.2) is 57.3 Å². The molecule has 0 radical (unpaired) electrons. The van der Waals surface area contributed by atoms with E-state index in [9.17, 15) is 4.79 Å². The number of aryl methyl sites for hydroxylation is 1. The van der Waals surface area contributed by atoms with Crippen molar-refractivity contribution in [3.8, 4) is 11.5 Å². The Morgan fingerprint density at radius 3 is 2.59 bits per heavy atom. The zero-order valence-corrected chi connectivity index (χ0v) is 17.4. The maximum absolute atomic E-state index is 12.8. The molecule has 1 amide bonds. The number of carbonyl (C=O) groups is 1. The Morgan fingerprint density at radius 2 is 1.90 bits per heavy atom. The molecule has 1 aliphatic rings. The minimum absolute atomic E-state index is 0.105. The van der Waals surface area contributed by atoms with Crippen molar-refractivity contribution in [1.29, 1.82) is 0 Å². The second kappa shape index (κ2) is 8.84. The van der Waals surface area contributed by atoms with E-state index in [1.54, 1.807) is 12.3 Å². The van der Waals surface area contributed by atoms with Gasteiger partial charge in [0, 0.05) is 32.7 Å². The molecule has 2 aromatic heterocycles. The lowest BCUT2D eigenvalue weighted by atomic mass is 10.2. The molecular formula is C21H24N4O3S. The van der Waals surface area contributed by atoms with Gasteiger partial charge >= 0.3 is 0 Å². The van der Waals surface area contributed by atoms with Gasteiger partial charge in [0.2, 0.25) is 5.91 Å². The highest BCUT2D eigenvalue weighted by molar-refractivity contribution is 8.00. The van der Waals surface area contributed by atoms with E-state index in [-0.39, 0.29) is 11.2 Å². The van der Waals surface area contributed by atoms with Crippen molar-refractivity contribution in [2.75, 3.05) is 26.2 Å². The fourth-order valence-electron chi connectivity index (χ4n) is 3.40. The first-order valence-corrected chi connectivity index (χ1v) is 10.6. The molecule has 8 heteroatoms. The normalized spacial score (nSPS) is 16.1. The van der Waals surface area contributed by atoms with Crippen molar-refractivity contribution in [1.82, 2.24) is 20.0 Å². The minimum atomic E-state index is -0.283. The molecule has 152 valence electrons. The first-order chi connectivity index (χ1) is 14.1. The highest BCUT2D eigenvalue weighted by Gasteiger charge is 2.27. The molecule has 1 saturated heterocycles. The monoisotopic (exact) mass is 412 g/mol. The van der Waals surface area contributed by atoms with E-state index in [4.69, 9.17) is 8.83 Å². The van der Waals surface area contributed by atoms with Gasteiger partial charge in [0.05, 0.1) is 17.1 Å². The molecule has 7 nitrogen and oxygen atoms in total. The van der Waals surface area contributed by atoms with Crippen molar-refractivity contribution in [2.45, 2.75) is 30.9 Å². The van der Waals surface area contributed by atoms with Crippen LogP contribution in [0, 0.1) is 6.92 Å². The molecule has 0 spiro atoms. The summed E-state index contributed by atoms with van der Waals surface area (Å²) >= 11 is 1.30. The van der Waals surface area contributed by atoms with Gasteiger partial charge < -0.3 is 13.7 Å². The lowest BCUT2D eigenvalue weighted by molar-refractivity contribution is -0.132. The van der Waals surface area contributed by atoms with Gasteiger partial charge in [-0.1, -0.05) is 42.1 Å². The number of piperazine rings is 1. The number of thioether (sulfide) groups is 1. The largest absolute Gasteiger partial charge is 0.469 e.